The Balaban J connectivity index is 2.30. The summed E-state index contributed by atoms with van der Waals surface area (Å²) in [5.41, 5.74) is 4.80. The van der Waals surface area contributed by atoms with E-state index in [4.69, 9.17) is 10.6 Å². The molecule has 1 aromatic rings. The van der Waals surface area contributed by atoms with Gasteiger partial charge in [0.25, 0.3) is 0 Å². The summed E-state index contributed by atoms with van der Waals surface area (Å²) >= 11 is 0. The van der Waals surface area contributed by atoms with Crippen molar-refractivity contribution < 1.29 is 4.74 Å². The highest BCUT2D eigenvalue weighted by Crippen LogP contribution is 2.03. The largest absolute Gasteiger partial charge is 0.375 e. The van der Waals surface area contributed by atoms with E-state index in [2.05, 4.69) is 12.0 Å². The van der Waals surface area contributed by atoms with Gasteiger partial charge in [0.1, 0.15) is 0 Å². The molecule has 15 heavy (non-hydrogen) atoms. The van der Waals surface area contributed by atoms with Crippen molar-refractivity contribution in [2.24, 2.45) is 5.84 Å². The normalized spacial score (nSPS) is 12.4. The van der Waals surface area contributed by atoms with Gasteiger partial charge in [0.05, 0.1) is 19.3 Å². The van der Waals surface area contributed by atoms with Crippen LogP contribution in [0.1, 0.15) is 12.5 Å². The fraction of sp³-hybridized carbons (Fsp3) is 0.333. The van der Waals surface area contributed by atoms with E-state index in [9.17, 15) is 0 Å². The maximum absolute atomic E-state index is 5.53. The van der Waals surface area contributed by atoms with Gasteiger partial charge in [-0.15, -0.1) is 0 Å². The molecule has 3 nitrogen and oxygen atoms in total. The summed E-state index contributed by atoms with van der Waals surface area (Å²) in [6.45, 7) is 6.90. The Labute approximate surface area is 90.9 Å². The summed E-state index contributed by atoms with van der Waals surface area (Å²) in [5, 5.41) is 0. The fourth-order valence-electron chi connectivity index (χ4n) is 1.20. The molecule has 0 radical (unpaired) electrons. The lowest BCUT2D eigenvalue weighted by atomic mass is 10.2. The minimum absolute atomic E-state index is 0.0220. The van der Waals surface area contributed by atoms with Crippen LogP contribution < -0.4 is 11.3 Å². The minimum atomic E-state index is 0.0220. The molecule has 0 saturated carbocycles. The molecule has 1 aromatic carbocycles. The Kier molecular flexibility index (Phi) is 5.04. The van der Waals surface area contributed by atoms with Crippen molar-refractivity contribution in [2.45, 2.75) is 19.6 Å². The van der Waals surface area contributed by atoms with E-state index in [1.165, 1.54) is 0 Å². The molecule has 3 heteroatoms. The Bertz CT molecular complexity index is 298. The second-order valence-electron chi connectivity index (χ2n) is 3.57. The van der Waals surface area contributed by atoms with Crippen LogP contribution in [0.3, 0.4) is 0 Å². The van der Waals surface area contributed by atoms with E-state index >= 15 is 0 Å². The average Bonchev–Trinajstić information content (AvgIpc) is 2.25. The topological polar surface area (TPSA) is 47.3 Å². The van der Waals surface area contributed by atoms with Crippen molar-refractivity contribution in [1.82, 2.24) is 5.43 Å². The smallest absolute Gasteiger partial charge is 0.0717 e. The molecule has 0 amide bonds. The molecule has 0 fully saturated rings. The maximum atomic E-state index is 5.53. The Morgan fingerprint density at radius 3 is 2.67 bits per heavy atom. The number of benzene rings is 1. The van der Waals surface area contributed by atoms with Crippen molar-refractivity contribution in [1.29, 1.82) is 0 Å². The molecule has 1 unspecified atom stereocenters. The van der Waals surface area contributed by atoms with Crippen molar-refractivity contribution in [3.05, 3.63) is 48.0 Å². The Morgan fingerprint density at radius 2 is 2.13 bits per heavy atom. The van der Waals surface area contributed by atoms with Gasteiger partial charge >= 0.3 is 0 Å². The summed E-state index contributed by atoms with van der Waals surface area (Å²) in [4.78, 5) is 0. The van der Waals surface area contributed by atoms with Crippen molar-refractivity contribution in [3.8, 4) is 0 Å². The second kappa shape index (κ2) is 6.35. The molecule has 0 aliphatic heterocycles. The Hall–Kier alpha value is -1.16. The lowest BCUT2D eigenvalue weighted by Crippen LogP contribution is -2.39. The average molecular weight is 206 g/mol. The van der Waals surface area contributed by atoms with Gasteiger partial charge in [-0.2, -0.15) is 0 Å². The van der Waals surface area contributed by atoms with Crippen LogP contribution >= 0.6 is 0 Å². The summed E-state index contributed by atoms with van der Waals surface area (Å²) in [7, 11) is 0. The molecule has 3 N–H and O–H groups in total. The van der Waals surface area contributed by atoms with Gasteiger partial charge in [0.15, 0.2) is 0 Å². The number of hydrogen-bond donors (Lipinski definition) is 2. The lowest BCUT2D eigenvalue weighted by molar-refractivity contribution is 0.107. The van der Waals surface area contributed by atoms with Crippen LogP contribution in [0.15, 0.2) is 42.5 Å². The maximum Gasteiger partial charge on any atom is 0.0717 e. The van der Waals surface area contributed by atoms with Gasteiger partial charge in [-0.1, -0.05) is 42.5 Å². The molecule has 1 atom stereocenters. The molecule has 0 aromatic heterocycles. The van der Waals surface area contributed by atoms with Crippen LogP contribution in [0.2, 0.25) is 0 Å². The first kappa shape index (κ1) is 11.9. The highest BCUT2D eigenvalue weighted by molar-refractivity contribution is 5.13. The molecule has 0 heterocycles. The number of hydrogen-bond acceptors (Lipinski definition) is 3. The first-order valence-electron chi connectivity index (χ1n) is 4.97. The van der Waals surface area contributed by atoms with E-state index in [0.29, 0.717) is 13.2 Å². The number of nitrogens with one attached hydrogen (secondary N) is 1. The zero-order valence-electron chi connectivity index (χ0n) is 9.07. The third-order valence-corrected chi connectivity index (χ3v) is 2.19. The molecule has 0 aliphatic rings. The van der Waals surface area contributed by atoms with Gasteiger partial charge in [0.2, 0.25) is 0 Å². The molecule has 0 spiro atoms. The number of nitrogens with two attached hydrogens (primary N) is 1. The summed E-state index contributed by atoms with van der Waals surface area (Å²) in [6.07, 6.45) is 0. The zero-order valence-corrected chi connectivity index (χ0v) is 9.07. The van der Waals surface area contributed by atoms with Gasteiger partial charge < -0.3 is 4.74 Å². The van der Waals surface area contributed by atoms with Crippen molar-refractivity contribution >= 4 is 0 Å². The molecule has 0 saturated heterocycles. The molecular weight excluding hydrogens is 188 g/mol. The highest BCUT2D eigenvalue weighted by atomic mass is 16.5. The lowest BCUT2D eigenvalue weighted by Gasteiger charge is -2.15. The van der Waals surface area contributed by atoms with Crippen molar-refractivity contribution in [3.63, 3.8) is 0 Å². The molecule has 0 aliphatic carbocycles. The van der Waals surface area contributed by atoms with E-state index in [1.807, 2.05) is 37.3 Å². The van der Waals surface area contributed by atoms with Gasteiger partial charge in [0, 0.05) is 0 Å². The number of ether oxygens (including phenoxy) is 1. The molecule has 1 rings (SSSR count). The highest BCUT2D eigenvalue weighted by Gasteiger charge is 2.06. The molecular formula is C12H18N2O. The minimum Gasteiger partial charge on any atom is -0.375 e. The van der Waals surface area contributed by atoms with E-state index in [-0.39, 0.29) is 6.04 Å². The van der Waals surface area contributed by atoms with E-state index < -0.39 is 0 Å². The predicted octanol–water partition coefficient (Wildman–Crippen LogP) is 1.61. The van der Waals surface area contributed by atoms with E-state index in [1.54, 1.807) is 0 Å². The van der Waals surface area contributed by atoms with Gasteiger partial charge in [-0.05, 0) is 12.5 Å². The van der Waals surface area contributed by atoms with Crippen molar-refractivity contribution in [2.75, 3.05) is 6.61 Å². The quantitative estimate of drug-likeness (QED) is 0.422. The third kappa shape index (κ3) is 4.25. The van der Waals surface area contributed by atoms with Crippen LogP contribution in [-0.2, 0) is 11.3 Å². The van der Waals surface area contributed by atoms with Crippen LogP contribution in [0.5, 0.6) is 0 Å². The monoisotopic (exact) mass is 206 g/mol. The Morgan fingerprint density at radius 1 is 1.47 bits per heavy atom. The fourth-order valence-corrected chi connectivity index (χ4v) is 1.20. The third-order valence-electron chi connectivity index (χ3n) is 2.19. The first-order valence-corrected chi connectivity index (χ1v) is 4.97. The van der Waals surface area contributed by atoms with Crippen LogP contribution in [0.25, 0.3) is 0 Å². The predicted molar refractivity (Wildman–Crippen MR) is 62.0 cm³/mol. The van der Waals surface area contributed by atoms with Crippen LogP contribution in [0.4, 0.5) is 0 Å². The first-order chi connectivity index (χ1) is 7.24. The van der Waals surface area contributed by atoms with Gasteiger partial charge in [-0.25, -0.2) is 0 Å². The standard InChI is InChI=1S/C12H18N2O/c1-10(2)12(14-13)9-15-8-11-6-4-3-5-7-11/h3-7,12,14H,1,8-9,13H2,2H3. The van der Waals surface area contributed by atoms with Crippen LogP contribution in [-0.4, -0.2) is 12.6 Å². The summed E-state index contributed by atoms with van der Waals surface area (Å²) in [6, 6.07) is 10.1. The number of hydrazine groups is 1. The van der Waals surface area contributed by atoms with Gasteiger partial charge in [-0.3, -0.25) is 11.3 Å². The summed E-state index contributed by atoms with van der Waals surface area (Å²) in [5.74, 6) is 5.36. The second-order valence-corrected chi connectivity index (χ2v) is 3.57. The van der Waals surface area contributed by atoms with E-state index in [0.717, 1.165) is 11.1 Å². The SMILES string of the molecule is C=C(C)C(COCc1ccccc1)NN. The zero-order chi connectivity index (χ0) is 11.1. The van der Waals surface area contributed by atoms with Crippen LogP contribution in [0, 0.1) is 0 Å². The molecule has 0 bridgehead atoms. The number of rotatable bonds is 6. The summed E-state index contributed by atoms with van der Waals surface area (Å²) < 4.78 is 5.53. The molecule has 82 valence electrons.